The maximum absolute atomic E-state index is 5.90. The molecule has 0 saturated heterocycles. The Morgan fingerprint density at radius 3 is 2.38 bits per heavy atom. The summed E-state index contributed by atoms with van der Waals surface area (Å²) >= 11 is 1.56. The third-order valence-corrected chi connectivity index (χ3v) is 5.42. The molecular weight excluding hydrogens is 344 g/mol. The van der Waals surface area contributed by atoms with E-state index in [2.05, 4.69) is 65.7 Å². The average molecular weight is 362 g/mol. The van der Waals surface area contributed by atoms with Crippen molar-refractivity contribution >= 4 is 11.8 Å². The SMILES string of the molecule is Cc1ccccc1C(Sc1nnc(-c2ccoc2C)o1)c1ccccc1. The molecule has 0 radical (unpaired) electrons. The Balaban J connectivity index is 1.69. The maximum Gasteiger partial charge on any atom is 0.277 e. The van der Waals surface area contributed by atoms with E-state index in [0.29, 0.717) is 11.1 Å². The molecule has 0 N–H and O–H groups in total. The van der Waals surface area contributed by atoms with Crippen LogP contribution in [0.3, 0.4) is 0 Å². The van der Waals surface area contributed by atoms with Crippen LogP contribution >= 0.6 is 11.8 Å². The van der Waals surface area contributed by atoms with E-state index in [-0.39, 0.29) is 5.25 Å². The fraction of sp³-hybridized carbons (Fsp3) is 0.143. The lowest BCUT2D eigenvalue weighted by atomic mass is 10.0. The summed E-state index contributed by atoms with van der Waals surface area (Å²) in [7, 11) is 0. The molecule has 0 spiro atoms. The molecule has 4 aromatic rings. The molecule has 130 valence electrons. The number of nitrogens with zero attached hydrogens (tertiary/aromatic N) is 2. The van der Waals surface area contributed by atoms with Gasteiger partial charge in [0.1, 0.15) is 5.76 Å². The highest BCUT2D eigenvalue weighted by Crippen LogP contribution is 2.41. The van der Waals surface area contributed by atoms with Crippen LogP contribution in [-0.4, -0.2) is 10.2 Å². The van der Waals surface area contributed by atoms with Gasteiger partial charge in [0.05, 0.1) is 17.1 Å². The predicted octanol–water partition coefficient (Wildman–Crippen LogP) is 5.83. The summed E-state index contributed by atoms with van der Waals surface area (Å²) in [6.45, 7) is 4.01. The molecule has 0 aliphatic carbocycles. The fourth-order valence-corrected chi connectivity index (χ4v) is 4.00. The van der Waals surface area contributed by atoms with Crippen molar-refractivity contribution in [3.8, 4) is 11.5 Å². The van der Waals surface area contributed by atoms with Gasteiger partial charge in [-0.3, -0.25) is 0 Å². The number of aromatic nitrogens is 2. The summed E-state index contributed by atoms with van der Waals surface area (Å²) in [5, 5.41) is 9.04. The number of benzene rings is 2. The minimum absolute atomic E-state index is 0.0798. The second-order valence-corrected chi connectivity index (χ2v) is 7.09. The minimum Gasteiger partial charge on any atom is -0.469 e. The molecule has 0 amide bonds. The first-order valence-electron chi connectivity index (χ1n) is 8.37. The van der Waals surface area contributed by atoms with E-state index >= 15 is 0 Å². The zero-order chi connectivity index (χ0) is 17.9. The fourth-order valence-electron chi connectivity index (χ4n) is 2.89. The lowest BCUT2D eigenvalue weighted by Crippen LogP contribution is -1.99. The highest BCUT2D eigenvalue weighted by Gasteiger charge is 2.21. The van der Waals surface area contributed by atoms with Crippen molar-refractivity contribution in [1.29, 1.82) is 0 Å². The van der Waals surface area contributed by atoms with Gasteiger partial charge in [-0.2, -0.15) is 0 Å². The van der Waals surface area contributed by atoms with Crippen LogP contribution in [0.15, 0.2) is 81.0 Å². The molecular formula is C21H18N2O2S. The number of aryl methyl sites for hydroxylation is 2. The molecule has 0 aliphatic rings. The third-order valence-electron chi connectivity index (χ3n) is 4.29. The Kier molecular flexibility index (Phi) is 4.63. The summed E-state index contributed by atoms with van der Waals surface area (Å²) in [6.07, 6.45) is 1.63. The second kappa shape index (κ2) is 7.22. The van der Waals surface area contributed by atoms with E-state index in [9.17, 15) is 0 Å². The van der Waals surface area contributed by atoms with Gasteiger partial charge in [0.25, 0.3) is 11.1 Å². The van der Waals surface area contributed by atoms with Crippen LogP contribution in [0.5, 0.6) is 0 Å². The van der Waals surface area contributed by atoms with E-state index in [1.54, 1.807) is 18.0 Å². The van der Waals surface area contributed by atoms with Gasteiger partial charge in [-0.15, -0.1) is 10.2 Å². The van der Waals surface area contributed by atoms with Crippen molar-refractivity contribution in [2.75, 3.05) is 0 Å². The molecule has 0 fully saturated rings. The summed E-state index contributed by atoms with van der Waals surface area (Å²) in [5.41, 5.74) is 4.50. The number of furan rings is 1. The van der Waals surface area contributed by atoms with Gasteiger partial charge in [-0.1, -0.05) is 66.4 Å². The van der Waals surface area contributed by atoms with Crippen molar-refractivity contribution < 1.29 is 8.83 Å². The van der Waals surface area contributed by atoms with Gasteiger partial charge in [0.15, 0.2) is 0 Å². The standard InChI is InChI=1S/C21H18N2O2S/c1-14-8-6-7-11-17(14)19(16-9-4-3-5-10-16)26-21-23-22-20(25-21)18-12-13-24-15(18)2/h3-13,19H,1-2H3. The van der Waals surface area contributed by atoms with E-state index in [1.165, 1.54) is 16.7 Å². The van der Waals surface area contributed by atoms with Crippen LogP contribution in [0.4, 0.5) is 0 Å². The topological polar surface area (TPSA) is 52.1 Å². The highest BCUT2D eigenvalue weighted by molar-refractivity contribution is 7.99. The first kappa shape index (κ1) is 16.7. The number of rotatable bonds is 5. The zero-order valence-electron chi connectivity index (χ0n) is 14.5. The van der Waals surface area contributed by atoms with Crippen LogP contribution in [0.25, 0.3) is 11.5 Å². The van der Waals surface area contributed by atoms with Crippen LogP contribution in [0, 0.1) is 13.8 Å². The Bertz CT molecular complexity index is 1010. The van der Waals surface area contributed by atoms with E-state index in [0.717, 1.165) is 11.3 Å². The quantitative estimate of drug-likeness (QED) is 0.418. The smallest absolute Gasteiger partial charge is 0.277 e. The van der Waals surface area contributed by atoms with Crippen molar-refractivity contribution in [2.24, 2.45) is 0 Å². The molecule has 1 unspecified atom stereocenters. The van der Waals surface area contributed by atoms with Gasteiger partial charge >= 0.3 is 0 Å². The number of hydrogen-bond acceptors (Lipinski definition) is 5. The van der Waals surface area contributed by atoms with E-state index in [1.807, 2.05) is 19.1 Å². The normalized spacial score (nSPS) is 12.2. The molecule has 0 bridgehead atoms. The van der Waals surface area contributed by atoms with E-state index < -0.39 is 0 Å². The molecule has 2 aromatic heterocycles. The van der Waals surface area contributed by atoms with Crippen molar-refractivity contribution in [3.63, 3.8) is 0 Å². The summed E-state index contributed by atoms with van der Waals surface area (Å²) in [4.78, 5) is 0. The molecule has 2 aromatic carbocycles. The Hall–Kier alpha value is -2.79. The van der Waals surface area contributed by atoms with Crippen LogP contribution in [-0.2, 0) is 0 Å². The van der Waals surface area contributed by atoms with Crippen molar-refractivity contribution in [3.05, 3.63) is 89.4 Å². The first-order chi connectivity index (χ1) is 12.7. The van der Waals surface area contributed by atoms with Gasteiger partial charge in [0.2, 0.25) is 0 Å². The van der Waals surface area contributed by atoms with Gasteiger partial charge in [0, 0.05) is 0 Å². The number of hydrogen-bond donors (Lipinski definition) is 0. The Morgan fingerprint density at radius 2 is 1.65 bits per heavy atom. The van der Waals surface area contributed by atoms with Gasteiger partial charge in [-0.05, 0) is 36.6 Å². The molecule has 4 rings (SSSR count). The lowest BCUT2D eigenvalue weighted by molar-refractivity contribution is 0.463. The Morgan fingerprint density at radius 1 is 0.885 bits per heavy atom. The lowest BCUT2D eigenvalue weighted by Gasteiger charge is -2.17. The second-order valence-electron chi connectivity index (χ2n) is 6.03. The van der Waals surface area contributed by atoms with E-state index in [4.69, 9.17) is 8.83 Å². The van der Waals surface area contributed by atoms with Crippen LogP contribution in [0.1, 0.15) is 27.7 Å². The third kappa shape index (κ3) is 3.30. The van der Waals surface area contributed by atoms with Crippen molar-refractivity contribution in [1.82, 2.24) is 10.2 Å². The van der Waals surface area contributed by atoms with Gasteiger partial charge < -0.3 is 8.83 Å². The monoisotopic (exact) mass is 362 g/mol. The molecule has 0 saturated carbocycles. The Labute approximate surface area is 156 Å². The molecule has 4 nitrogen and oxygen atoms in total. The first-order valence-corrected chi connectivity index (χ1v) is 9.25. The number of thioether (sulfide) groups is 1. The largest absolute Gasteiger partial charge is 0.469 e. The molecule has 26 heavy (non-hydrogen) atoms. The molecule has 0 aliphatic heterocycles. The maximum atomic E-state index is 5.90. The zero-order valence-corrected chi connectivity index (χ0v) is 15.4. The predicted molar refractivity (Wildman–Crippen MR) is 102 cm³/mol. The van der Waals surface area contributed by atoms with Crippen molar-refractivity contribution in [2.45, 2.75) is 24.3 Å². The molecule has 2 heterocycles. The van der Waals surface area contributed by atoms with Crippen LogP contribution < -0.4 is 0 Å². The summed E-state index contributed by atoms with van der Waals surface area (Å²) < 4.78 is 11.2. The molecule has 5 heteroatoms. The summed E-state index contributed by atoms with van der Waals surface area (Å²) in [6, 6.07) is 20.6. The minimum atomic E-state index is 0.0798. The van der Waals surface area contributed by atoms with Gasteiger partial charge in [-0.25, -0.2) is 0 Å². The highest BCUT2D eigenvalue weighted by atomic mass is 32.2. The van der Waals surface area contributed by atoms with Crippen LogP contribution in [0.2, 0.25) is 0 Å². The molecule has 1 atom stereocenters. The average Bonchev–Trinajstić information content (AvgIpc) is 3.30. The summed E-state index contributed by atoms with van der Waals surface area (Å²) in [5.74, 6) is 1.25.